The second-order valence-corrected chi connectivity index (χ2v) is 4.58. The number of ether oxygens (including phenoxy) is 1. The molecule has 1 N–H and O–H groups in total. The van der Waals surface area contributed by atoms with Crippen LogP contribution in [0.2, 0.25) is 5.02 Å². The van der Waals surface area contributed by atoms with Crippen molar-refractivity contribution in [2.24, 2.45) is 0 Å². The third-order valence-corrected chi connectivity index (χ3v) is 3.25. The van der Waals surface area contributed by atoms with Gasteiger partial charge in [0.1, 0.15) is 5.75 Å². The Bertz CT molecular complexity index is 611. The highest BCUT2D eigenvalue weighted by Gasteiger charge is 2.17. The lowest BCUT2D eigenvalue weighted by Gasteiger charge is -2.07. The van der Waals surface area contributed by atoms with Crippen molar-refractivity contribution in [2.75, 3.05) is 7.11 Å². The van der Waals surface area contributed by atoms with Crippen molar-refractivity contribution in [3.8, 4) is 17.1 Å². The first-order valence-corrected chi connectivity index (χ1v) is 5.93. The molecule has 0 amide bonds. The minimum absolute atomic E-state index is 0.171. The van der Waals surface area contributed by atoms with Crippen molar-refractivity contribution in [1.29, 1.82) is 0 Å². The van der Waals surface area contributed by atoms with Gasteiger partial charge in [-0.15, -0.1) is 0 Å². The summed E-state index contributed by atoms with van der Waals surface area (Å²) >= 11 is 9.28. The molecule has 0 aliphatic carbocycles. The van der Waals surface area contributed by atoms with E-state index in [0.717, 1.165) is 0 Å². The zero-order valence-corrected chi connectivity index (χ0v) is 11.4. The van der Waals surface area contributed by atoms with E-state index in [9.17, 15) is 4.79 Å². The fourth-order valence-corrected chi connectivity index (χ4v) is 2.19. The SMILES string of the molecule is COc1cc(Cl)cc(-c2cc(C(=O)O)no2)c1Br. The van der Waals surface area contributed by atoms with E-state index in [1.807, 2.05) is 0 Å². The third kappa shape index (κ3) is 2.34. The molecule has 94 valence electrons. The predicted molar refractivity (Wildman–Crippen MR) is 68.2 cm³/mol. The Morgan fingerprint density at radius 2 is 2.22 bits per heavy atom. The summed E-state index contributed by atoms with van der Waals surface area (Å²) in [5.41, 5.74) is 0.398. The van der Waals surface area contributed by atoms with Gasteiger partial charge in [-0.3, -0.25) is 0 Å². The first-order valence-electron chi connectivity index (χ1n) is 4.76. The molecule has 18 heavy (non-hydrogen) atoms. The Balaban J connectivity index is 2.55. The van der Waals surface area contributed by atoms with Crippen LogP contribution < -0.4 is 4.74 Å². The molecule has 0 bridgehead atoms. The van der Waals surface area contributed by atoms with Gasteiger partial charge in [0.25, 0.3) is 0 Å². The molecule has 0 unspecified atom stereocenters. The number of aromatic carboxylic acids is 1. The van der Waals surface area contributed by atoms with Gasteiger partial charge in [-0.2, -0.15) is 0 Å². The van der Waals surface area contributed by atoms with Crippen LogP contribution in [0.25, 0.3) is 11.3 Å². The second-order valence-electron chi connectivity index (χ2n) is 3.35. The lowest BCUT2D eigenvalue weighted by molar-refractivity contribution is 0.0686. The molecule has 1 aromatic carbocycles. The van der Waals surface area contributed by atoms with E-state index < -0.39 is 5.97 Å². The molecule has 0 spiro atoms. The Morgan fingerprint density at radius 1 is 1.50 bits per heavy atom. The lowest BCUT2D eigenvalue weighted by atomic mass is 10.1. The second kappa shape index (κ2) is 4.99. The third-order valence-electron chi connectivity index (χ3n) is 2.22. The van der Waals surface area contributed by atoms with Crippen LogP contribution in [0.3, 0.4) is 0 Å². The van der Waals surface area contributed by atoms with Crippen LogP contribution in [-0.4, -0.2) is 23.3 Å². The van der Waals surface area contributed by atoms with Crippen molar-refractivity contribution >= 4 is 33.5 Å². The van der Waals surface area contributed by atoms with Crippen LogP contribution in [0.4, 0.5) is 0 Å². The zero-order chi connectivity index (χ0) is 13.3. The maximum Gasteiger partial charge on any atom is 0.358 e. The molecule has 0 radical (unpaired) electrons. The summed E-state index contributed by atoms with van der Waals surface area (Å²) in [4.78, 5) is 10.7. The van der Waals surface area contributed by atoms with E-state index in [2.05, 4.69) is 21.1 Å². The summed E-state index contributed by atoms with van der Waals surface area (Å²) in [5, 5.41) is 12.7. The maximum atomic E-state index is 10.7. The molecule has 1 aromatic heterocycles. The largest absolute Gasteiger partial charge is 0.495 e. The molecule has 1 heterocycles. The summed E-state index contributed by atoms with van der Waals surface area (Å²) in [6, 6.07) is 4.57. The highest BCUT2D eigenvalue weighted by molar-refractivity contribution is 9.10. The number of aromatic nitrogens is 1. The molecular formula is C11H7BrClNO4. The number of benzene rings is 1. The van der Waals surface area contributed by atoms with Gasteiger partial charge < -0.3 is 14.4 Å². The molecule has 0 aliphatic rings. The Labute approximate surface area is 115 Å². The molecule has 2 aromatic rings. The van der Waals surface area contributed by atoms with Crippen LogP contribution in [0, 0.1) is 0 Å². The van der Waals surface area contributed by atoms with Gasteiger partial charge in [-0.25, -0.2) is 4.79 Å². The average molecular weight is 333 g/mol. The summed E-state index contributed by atoms with van der Waals surface area (Å²) in [6.07, 6.45) is 0. The van der Waals surface area contributed by atoms with E-state index in [4.69, 9.17) is 26.0 Å². The average Bonchev–Trinajstić information content (AvgIpc) is 2.81. The number of nitrogens with zero attached hydrogens (tertiary/aromatic N) is 1. The lowest BCUT2D eigenvalue weighted by Crippen LogP contribution is -1.94. The molecule has 5 nitrogen and oxygen atoms in total. The van der Waals surface area contributed by atoms with Gasteiger partial charge in [0, 0.05) is 16.7 Å². The van der Waals surface area contributed by atoms with Crippen LogP contribution in [0.5, 0.6) is 5.75 Å². The number of carbonyl (C=O) groups is 1. The minimum Gasteiger partial charge on any atom is -0.495 e. The standard InChI is InChI=1S/C11H7BrClNO4/c1-17-9-3-5(13)2-6(10(9)12)8-4-7(11(15)16)14-18-8/h2-4H,1H3,(H,15,16). The highest BCUT2D eigenvalue weighted by atomic mass is 79.9. The van der Waals surface area contributed by atoms with Crippen LogP contribution >= 0.6 is 27.5 Å². The van der Waals surface area contributed by atoms with Gasteiger partial charge in [0.2, 0.25) is 0 Å². The van der Waals surface area contributed by atoms with Crippen LogP contribution in [-0.2, 0) is 0 Å². The topological polar surface area (TPSA) is 72.6 Å². The molecule has 7 heteroatoms. The molecule has 0 aliphatic heterocycles. The summed E-state index contributed by atoms with van der Waals surface area (Å²) < 4.78 is 10.7. The van der Waals surface area contributed by atoms with E-state index in [1.54, 1.807) is 12.1 Å². The van der Waals surface area contributed by atoms with Crippen molar-refractivity contribution < 1.29 is 19.2 Å². The van der Waals surface area contributed by atoms with E-state index in [1.165, 1.54) is 13.2 Å². The maximum absolute atomic E-state index is 10.7. The van der Waals surface area contributed by atoms with Crippen molar-refractivity contribution in [2.45, 2.75) is 0 Å². The molecular weight excluding hydrogens is 325 g/mol. The van der Waals surface area contributed by atoms with E-state index in [-0.39, 0.29) is 5.69 Å². The van der Waals surface area contributed by atoms with E-state index in [0.29, 0.717) is 26.6 Å². The first-order chi connectivity index (χ1) is 8.52. The van der Waals surface area contributed by atoms with Gasteiger partial charge in [-0.05, 0) is 28.1 Å². The normalized spacial score (nSPS) is 10.4. The van der Waals surface area contributed by atoms with Crippen molar-refractivity contribution in [3.05, 3.63) is 33.4 Å². The fourth-order valence-electron chi connectivity index (χ4n) is 1.40. The van der Waals surface area contributed by atoms with Gasteiger partial charge >= 0.3 is 5.97 Å². The van der Waals surface area contributed by atoms with Crippen molar-refractivity contribution in [1.82, 2.24) is 5.16 Å². The van der Waals surface area contributed by atoms with Crippen LogP contribution in [0.1, 0.15) is 10.5 Å². The number of hydrogen-bond donors (Lipinski definition) is 1. The number of methoxy groups -OCH3 is 1. The smallest absolute Gasteiger partial charge is 0.358 e. The van der Waals surface area contributed by atoms with Gasteiger partial charge in [-0.1, -0.05) is 16.8 Å². The number of carboxylic acids is 1. The molecule has 0 atom stereocenters. The quantitative estimate of drug-likeness (QED) is 0.932. The number of halogens is 2. The highest BCUT2D eigenvalue weighted by Crippen LogP contribution is 2.38. The number of rotatable bonds is 3. The summed E-state index contributed by atoms with van der Waals surface area (Å²) in [7, 11) is 1.50. The Morgan fingerprint density at radius 3 is 2.78 bits per heavy atom. The molecule has 0 saturated carbocycles. The minimum atomic E-state index is -1.16. The summed E-state index contributed by atoms with van der Waals surface area (Å²) in [6.45, 7) is 0. The summed E-state index contributed by atoms with van der Waals surface area (Å²) in [5.74, 6) is -0.346. The number of carboxylic acid groups (broad SMARTS) is 1. The Kier molecular flexibility index (Phi) is 3.58. The van der Waals surface area contributed by atoms with Crippen molar-refractivity contribution in [3.63, 3.8) is 0 Å². The Hall–Kier alpha value is -1.53. The van der Waals surface area contributed by atoms with E-state index >= 15 is 0 Å². The molecule has 0 saturated heterocycles. The molecule has 2 rings (SSSR count). The fraction of sp³-hybridized carbons (Fsp3) is 0.0909. The number of hydrogen-bond acceptors (Lipinski definition) is 4. The zero-order valence-electron chi connectivity index (χ0n) is 9.11. The monoisotopic (exact) mass is 331 g/mol. The van der Waals surface area contributed by atoms with Gasteiger partial charge in [0.05, 0.1) is 11.6 Å². The predicted octanol–water partition coefficient (Wildman–Crippen LogP) is 3.46. The first kappa shape index (κ1) is 12.9. The van der Waals surface area contributed by atoms with Crippen LogP contribution in [0.15, 0.2) is 27.2 Å². The molecule has 0 fully saturated rings. The van der Waals surface area contributed by atoms with Gasteiger partial charge in [0.15, 0.2) is 11.5 Å².